The van der Waals surface area contributed by atoms with Crippen LogP contribution in [0.15, 0.2) is 15.6 Å². The highest BCUT2D eigenvalue weighted by Gasteiger charge is 2.34. The van der Waals surface area contributed by atoms with Gasteiger partial charge in [0.15, 0.2) is 5.76 Å². The van der Waals surface area contributed by atoms with Crippen LogP contribution >= 0.6 is 0 Å². The molecule has 1 aliphatic rings. The van der Waals surface area contributed by atoms with Crippen molar-refractivity contribution >= 4 is 10.0 Å². The molecule has 1 aliphatic heterocycles. The van der Waals surface area contributed by atoms with Crippen molar-refractivity contribution in [3.63, 3.8) is 0 Å². The van der Waals surface area contributed by atoms with Gasteiger partial charge < -0.3 is 4.52 Å². The van der Waals surface area contributed by atoms with E-state index in [1.807, 2.05) is 6.92 Å². The molecule has 0 saturated carbocycles. The first-order chi connectivity index (χ1) is 8.07. The van der Waals surface area contributed by atoms with Crippen molar-refractivity contribution in [1.82, 2.24) is 9.46 Å². The monoisotopic (exact) mass is 258 g/mol. The molecule has 0 aliphatic carbocycles. The van der Waals surface area contributed by atoms with E-state index < -0.39 is 10.0 Å². The number of nitrogens with zero attached hydrogens (tertiary/aromatic N) is 2. The van der Waals surface area contributed by atoms with Gasteiger partial charge in [0.25, 0.3) is 0 Å². The van der Waals surface area contributed by atoms with Crippen molar-refractivity contribution in [1.29, 1.82) is 0 Å². The first kappa shape index (κ1) is 12.6. The zero-order chi connectivity index (χ0) is 12.5. The van der Waals surface area contributed by atoms with Crippen LogP contribution in [-0.2, 0) is 10.0 Å². The van der Waals surface area contributed by atoms with Crippen LogP contribution in [0, 0.1) is 6.92 Å². The van der Waals surface area contributed by atoms with Gasteiger partial charge in [-0.1, -0.05) is 18.5 Å². The molecule has 0 N–H and O–H groups in total. The van der Waals surface area contributed by atoms with Crippen LogP contribution in [0.3, 0.4) is 0 Å². The van der Waals surface area contributed by atoms with Crippen LogP contribution in [-0.4, -0.2) is 30.5 Å². The zero-order valence-corrected chi connectivity index (χ0v) is 11.0. The molecule has 2 heterocycles. The maximum atomic E-state index is 12.5. The Morgan fingerprint density at radius 3 is 2.88 bits per heavy atom. The summed E-state index contributed by atoms with van der Waals surface area (Å²) in [6, 6.07) is 0.114. The summed E-state index contributed by atoms with van der Waals surface area (Å²) >= 11 is 0. The van der Waals surface area contributed by atoms with Crippen molar-refractivity contribution in [2.75, 3.05) is 6.54 Å². The van der Waals surface area contributed by atoms with Gasteiger partial charge in [0.05, 0.1) is 6.20 Å². The first-order valence-corrected chi connectivity index (χ1v) is 7.44. The molecule has 0 aromatic carbocycles. The van der Waals surface area contributed by atoms with E-state index in [4.69, 9.17) is 4.52 Å². The third kappa shape index (κ3) is 2.24. The largest absolute Gasteiger partial charge is 0.360 e. The molecular formula is C11H18N2O3S. The maximum Gasteiger partial charge on any atom is 0.248 e. The topological polar surface area (TPSA) is 63.4 Å². The fourth-order valence-corrected chi connectivity index (χ4v) is 4.21. The van der Waals surface area contributed by atoms with E-state index in [0.717, 1.165) is 25.7 Å². The zero-order valence-electron chi connectivity index (χ0n) is 10.2. The first-order valence-electron chi connectivity index (χ1n) is 6.00. The van der Waals surface area contributed by atoms with Crippen LogP contribution in [0.25, 0.3) is 0 Å². The minimum absolute atomic E-state index is 0.114. The van der Waals surface area contributed by atoms with Crippen LogP contribution in [0.1, 0.15) is 38.4 Å². The van der Waals surface area contributed by atoms with Gasteiger partial charge in [0.2, 0.25) is 10.0 Å². The highest BCUT2D eigenvalue weighted by Crippen LogP contribution is 2.28. The number of sulfonamides is 1. The third-order valence-corrected chi connectivity index (χ3v) is 5.38. The molecule has 0 radical (unpaired) electrons. The van der Waals surface area contributed by atoms with Crippen LogP contribution in [0.4, 0.5) is 0 Å². The molecule has 5 nitrogen and oxygen atoms in total. The Morgan fingerprint density at radius 2 is 2.29 bits per heavy atom. The molecule has 96 valence electrons. The normalized spacial score (nSPS) is 22.8. The van der Waals surface area contributed by atoms with E-state index in [0.29, 0.717) is 12.3 Å². The van der Waals surface area contributed by atoms with Gasteiger partial charge in [-0.15, -0.1) is 0 Å². The second-order valence-electron chi connectivity index (χ2n) is 4.42. The van der Waals surface area contributed by atoms with Gasteiger partial charge in [-0.3, -0.25) is 0 Å². The molecule has 1 saturated heterocycles. The van der Waals surface area contributed by atoms with Gasteiger partial charge in [0, 0.05) is 12.6 Å². The Kier molecular flexibility index (Phi) is 3.53. The number of hydrogen-bond acceptors (Lipinski definition) is 4. The predicted molar refractivity (Wildman–Crippen MR) is 63.1 cm³/mol. The number of hydrogen-bond donors (Lipinski definition) is 0. The lowest BCUT2D eigenvalue weighted by Gasteiger charge is -2.33. The van der Waals surface area contributed by atoms with Gasteiger partial charge in [0.1, 0.15) is 4.90 Å². The molecule has 1 aromatic rings. The summed E-state index contributed by atoms with van der Waals surface area (Å²) in [5.74, 6) is 0.366. The highest BCUT2D eigenvalue weighted by atomic mass is 32.2. The molecule has 1 aromatic heterocycles. The summed E-state index contributed by atoms with van der Waals surface area (Å²) in [6.45, 7) is 4.26. The Morgan fingerprint density at radius 1 is 1.53 bits per heavy atom. The van der Waals surface area contributed by atoms with Crippen LogP contribution in [0.2, 0.25) is 0 Å². The average molecular weight is 258 g/mol. The van der Waals surface area contributed by atoms with E-state index in [-0.39, 0.29) is 10.9 Å². The fourth-order valence-electron chi connectivity index (χ4n) is 2.36. The molecular weight excluding hydrogens is 240 g/mol. The lowest BCUT2D eigenvalue weighted by Crippen LogP contribution is -2.43. The van der Waals surface area contributed by atoms with Crippen LogP contribution < -0.4 is 0 Å². The van der Waals surface area contributed by atoms with E-state index in [2.05, 4.69) is 5.16 Å². The van der Waals surface area contributed by atoms with Crippen molar-refractivity contribution in [3.05, 3.63) is 12.0 Å². The second kappa shape index (κ2) is 4.78. The summed E-state index contributed by atoms with van der Waals surface area (Å²) < 4.78 is 31.4. The molecule has 2 rings (SSSR count). The molecule has 0 amide bonds. The number of aryl methyl sites for hydroxylation is 1. The lowest BCUT2D eigenvalue weighted by atomic mass is 10.0. The van der Waals surface area contributed by atoms with E-state index in [9.17, 15) is 8.42 Å². The molecule has 0 bridgehead atoms. The minimum Gasteiger partial charge on any atom is -0.360 e. The molecule has 1 unspecified atom stereocenters. The van der Waals surface area contributed by atoms with Crippen molar-refractivity contribution < 1.29 is 12.9 Å². The SMILES string of the molecule is CCC1CCCCN1S(=O)(=O)c1cnoc1C. The third-order valence-electron chi connectivity index (χ3n) is 3.34. The summed E-state index contributed by atoms with van der Waals surface area (Å²) in [4.78, 5) is 0.206. The number of rotatable bonds is 3. The smallest absolute Gasteiger partial charge is 0.248 e. The number of piperidine rings is 1. The Labute approximate surface area is 102 Å². The van der Waals surface area contributed by atoms with E-state index in [1.165, 1.54) is 6.20 Å². The average Bonchev–Trinajstić information content (AvgIpc) is 2.76. The summed E-state index contributed by atoms with van der Waals surface area (Å²) in [5.41, 5.74) is 0. The summed E-state index contributed by atoms with van der Waals surface area (Å²) in [5, 5.41) is 3.55. The predicted octanol–water partition coefficient (Wildman–Crippen LogP) is 1.94. The van der Waals surface area contributed by atoms with Gasteiger partial charge >= 0.3 is 0 Å². The maximum absolute atomic E-state index is 12.5. The van der Waals surface area contributed by atoms with Gasteiger partial charge in [-0.25, -0.2) is 8.42 Å². The second-order valence-corrected chi connectivity index (χ2v) is 6.28. The molecule has 1 atom stereocenters. The van der Waals surface area contributed by atoms with Crippen molar-refractivity contribution in [3.8, 4) is 0 Å². The standard InChI is InChI=1S/C11H18N2O3S/c1-3-10-6-4-5-7-13(10)17(14,15)11-8-12-16-9(11)2/h8,10H,3-7H2,1-2H3. The summed E-state index contributed by atoms with van der Waals surface area (Å²) in [6.07, 6.45) is 5.13. The van der Waals surface area contributed by atoms with Gasteiger partial charge in [-0.2, -0.15) is 4.31 Å². The number of aromatic nitrogens is 1. The molecule has 6 heteroatoms. The Bertz CT molecular complexity index is 481. The van der Waals surface area contributed by atoms with E-state index >= 15 is 0 Å². The summed E-state index contributed by atoms with van der Waals surface area (Å²) in [7, 11) is -3.43. The molecule has 1 fully saturated rings. The van der Waals surface area contributed by atoms with Crippen molar-refractivity contribution in [2.24, 2.45) is 0 Å². The highest BCUT2D eigenvalue weighted by molar-refractivity contribution is 7.89. The van der Waals surface area contributed by atoms with Crippen molar-refractivity contribution in [2.45, 2.75) is 50.5 Å². The Hall–Kier alpha value is -0.880. The van der Waals surface area contributed by atoms with Gasteiger partial charge in [-0.05, 0) is 26.2 Å². The van der Waals surface area contributed by atoms with E-state index in [1.54, 1.807) is 11.2 Å². The minimum atomic E-state index is -3.43. The Balaban J connectivity index is 2.34. The quantitative estimate of drug-likeness (QED) is 0.831. The fraction of sp³-hybridized carbons (Fsp3) is 0.727. The lowest BCUT2D eigenvalue weighted by molar-refractivity contribution is 0.246. The molecule has 17 heavy (non-hydrogen) atoms. The molecule has 0 spiro atoms. The van der Waals surface area contributed by atoms with Crippen LogP contribution in [0.5, 0.6) is 0 Å².